The summed E-state index contributed by atoms with van der Waals surface area (Å²) in [5, 5.41) is 5.16. The first-order chi connectivity index (χ1) is 12.1. The summed E-state index contributed by atoms with van der Waals surface area (Å²) < 4.78 is 13.6. The van der Waals surface area contributed by atoms with Crippen LogP contribution in [-0.2, 0) is 17.9 Å². The second kappa shape index (κ2) is 7.90. The molecule has 3 aromatic carbocycles. The van der Waals surface area contributed by atoms with E-state index in [0.717, 1.165) is 5.56 Å². The SMILES string of the molecule is CN(CC(=O)NCc1ccccc1F)Cc1ccc2ccccc2c1. The lowest BCUT2D eigenvalue weighted by atomic mass is 10.1. The minimum atomic E-state index is -0.299. The number of amides is 1. The summed E-state index contributed by atoms with van der Waals surface area (Å²) in [7, 11) is 1.90. The Labute approximate surface area is 147 Å². The predicted molar refractivity (Wildman–Crippen MR) is 98.5 cm³/mol. The maximum atomic E-state index is 13.6. The molecule has 128 valence electrons. The van der Waals surface area contributed by atoms with Crippen LogP contribution in [0.25, 0.3) is 10.8 Å². The Kier molecular flexibility index (Phi) is 5.41. The van der Waals surface area contributed by atoms with Crippen molar-refractivity contribution < 1.29 is 9.18 Å². The summed E-state index contributed by atoms with van der Waals surface area (Å²) in [4.78, 5) is 14.0. The molecule has 0 unspecified atom stereocenters. The number of carbonyl (C=O) groups excluding carboxylic acids is 1. The van der Waals surface area contributed by atoms with Gasteiger partial charge in [-0.15, -0.1) is 0 Å². The van der Waals surface area contributed by atoms with E-state index >= 15 is 0 Å². The molecule has 3 nitrogen and oxygen atoms in total. The van der Waals surface area contributed by atoms with Crippen molar-refractivity contribution in [2.45, 2.75) is 13.1 Å². The molecule has 3 aromatic rings. The molecule has 0 aliphatic carbocycles. The van der Waals surface area contributed by atoms with E-state index < -0.39 is 0 Å². The Bertz CT molecular complexity index is 878. The van der Waals surface area contributed by atoms with Gasteiger partial charge >= 0.3 is 0 Å². The molecule has 1 N–H and O–H groups in total. The molecular weight excluding hydrogens is 315 g/mol. The highest BCUT2D eigenvalue weighted by molar-refractivity contribution is 5.83. The molecule has 0 saturated carbocycles. The average molecular weight is 336 g/mol. The third-order valence-electron chi connectivity index (χ3n) is 4.11. The zero-order chi connectivity index (χ0) is 17.6. The molecule has 0 aliphatic heterocycles. The topological polar surface area (TPSA) is 32.3 Å². The Balaban J connectivity index is 1.53. The van der Waals surface area contributed by atoms with E-state index in [1.807, 2.05) is 24.1 Å². The van der Waals surface area contributed by atoms with Gasteiger partial charge in [-0.2, -0.15) is 0 Å². The first-order valence-electron chi connectivity index (χ1n) is 8.28. The van der Waals surface area contributed by atoms with E-state index in [-0.39, 0.29) is 24.8 Å². The number of fused-ring (bicyclic) bond motifs is 1. The van der Waals surface area contributed by atoms with Gasteiger partial charge in [0.05, 0.1) is 6.54 Å². The molecule has 0 spiro atoms. The van der Waals surface area contributed by atoms with Gasteiger partial charge in [-0.3, -0.25) is 9.69 Å². The molecule has 1 amide bonds. The van der Waals surface area contributed by atoms with Crippen LogP contribution in [0.15, 0.2) is 66.7 Å². The second-order valence-electron chi connectivity index (χ2n) is 6.22. The van der Waals surface area contributed by atoms with Crippen LogP contribution in [0.5, 0.6) is 0 Å². The van der Waals surface area contributed by atoms with Crippen molar-refractivity contribution in [1.29, 1.82) is 0 Å². The van der Waals surface area contributed by atoms with Gasteiger partial charge in [-0.25, -0.2) is 4.39 Å². The molecule has 0 aromatic heterocycles. The zero-order valence-electron chi connectivity index (χ0n) is 14.2. The normalized spacial score (nSPS) is 11.0. The third kappa shape index (κ3) is 4.64. The highest BCUT2D eigenvalue weighted by Crippen LogP contribution is 2.16. The molecular formula is C21H21FN2O. The van der Waals surface area contributed by atoms with Gasteiger partial charge in [0.15, 0.2) is 0 Å². The minimum Gasteiger partial charge on any atom is -0.351 e. The quantitative estimate of drug-likeness (QED) is 0.744. The molecule has 0 atom stereocenters. The second-order valence-corrected chi connectivity index (χ2v) is 6.22. The number of carbonyl (C=O) groups is 1. The number of likely N-dealkylation sites (N-methyl/N-ethyl adjacent to an activating group) is 1. The molecule has 4 heteroatoms. The van der Waals surface area contributed by atoms with Crippen molar-refractivity contribution in [3.05, 3.63) is 83.7 Å². The largest absolute Gasteiger partial charge is 0.351 e. The van der Waals surface area contributed by atoms with Crippen LogP contribution in [0.3, 0.4) is 0 Å². The minimum absolute atomic E-state index is 0.119. The molecule has 0 bridgehead atoms. The summed E-state index contributed by atoms with van der Waals surface area (Å²) in [5.41, 5.74) is 1.65. The molecule has 0 heterocycles. The van der Waals surface area contributed by atoms with Gasteiger partial charge in [0, 0.05) is 18.7 Å². The van der Waals surface area contributed by atoms with Gasteiger partial charge in [0.1, 0.15) is 5.82 Å². The number of hydrogen-bond acceptors (Lipinski definition) is 2. The summed E-state index contributed by atoms with van der Waals surface area (Å²) in [5.74, 6) is -0.418. The Hall–Kier alpha value is -2.72. The Morgan fingerprint density at radius 3 is 2.52 bits per heavy atom. The maximum Gasteiger partial charge on any atom is 0.234 e. The molecule has 3 rings (SSSR count). The van der Waals surface area contributed by atoms with Crippen molar-refractivity contribution in [1.82, 2.24) is 10.2 Å². The Morgan fingerprint density at radius 1 is 1.00 bits per heavy atom. The van der Waals surface area contributed by atoms with Crippen LogP contribution in [0.1, 0.15) is 11.1 Å². The molecule has 0 aliphatic rings. The van der Waals surface area contributed by atoms with Crippen LogP contribution in [0.2, 0.25) is 0 Å². The summed E-state index contributed by atoms with van der Waals surface area (Å²) in [6, 6.07) is 21.0. The highest BCUT2D eigenvalue weighted by Gasteiger charge is 2.08. The van der Waals surface area contributed by atoms with E-state index in [4.69, 9.17) is 0 Å². The van der Waals surface area contributed by atoms with Crippen molar-refractivity contribution in [3.8, 4) is 0 Å². The smallest absolute Gasteiger partial charge is 0.234 e. The van der Waals surface area contributed by atoms with Crippen molar-refractivity contribution in [2.75, 3.05) is 13.6 Å². The van der Waals surface area contributed by atoms with E-state index in [0.29, 0.717) is 12.1 Å². The fourth-order valence-corrected chi connectivity index (χ4v) is 2.84. The number of nitrogens with one attached hydrogen (secondary N) is 1. The van der Waals surface area contributed by atoms with Crippen molar-refractivity contribution in [3.63, 3.8) is 0 Å². The summed E-state index contributed by atoms with van der Waals surface area (Å²) in [6.45, 7) is 1.15. The third-order valence-corrected chi connectivity index (χ3v) is 4.11. The number of hydrogen-bond donors (Lipinski definition) is 1. The molecule has 25 heavy (non-hydrogen) atoms. The molecule has 0 radical (unpaired) electrons. The van der Waals surface area contributed by atoms with E-state index in [2.05, 4.69) is 35.6 Å². The number of halogens is 1. The molecule has 0 fully saturated rings. The summed E-state index contributed by atoms with van der Waals surface area (Å²) in [6.07, 6.45) is 0. The van der Waals surface area contributed by atoms with Crippen molar-refractivity contribution in [2.24, 2.45) is 0 Å². The fourth-order valence-electron chi connectivity index (χ4n) is 2.84. The summed E-state index contributed by atoms with van der Waals surface area (Å²) >= 11 is 0. The van der Waals surface area contributed by atoms with E-state index in [1.54, 1.807) is 18.2 Å². The average Bonchev–Trinajstić information content (AvgIpc) is 2.61. The standard InChI is InChI=1S/C21H21FN2O/c1-24(14-16-10-11-17-6-2-3-7-18(17)12-16)15-21(25)23-13-19-8-4-5-9-20(19)22/h2-12H,13-15H2,1H3,(H,23,25). The van der Waals surface area contributed by atoms with Crippen LogP contribution in [-0.4, -0.2) is 24.4 Å². The van der Waals surface area contributed by atoms with E-state index in [9.17, 15) is 9.18 Å². The van der Waals surface area contributed by atoms with Crippen LogP contribution in [0, 0.1) is 5.82 Å². The first-order valence-corrected chi connectivity index (χ1v) is 8.28. The van der Waals surface area contributed by atoms with Crippen LogP contribution >= 0.6 is 0 Å². The number of nitrogens with zero attached hydrogens (tertiary/aromatic N) is 1. The maximum absolute atomic E-state index is 13.6. The number of rotatable bonds is 6. The van der Waals surface area contributed by atoms with Gasteiger partial charge in [-0.05, 0) is 35.5 Å². The van der Waals surface area contributed by atoms with Crippen LogP contribution in [0.4, 0.5) is 4.39 Å². The highest BCUT2D eigenvalue weighted by atomic mass is 19.1. The number of benzene rings is 3. The first kappa shape index (κ1) is 17.1. The monoisotopic (exact) mass is 336 g/mol. The zero-order valence-corrected chi connectivity index (χ0v) is 14.2. The Morgan fingerprint density at radius 2 is 1.72 bits per heavy atom. The predicted octanol–water partition coefficient (Wildman–Crippen LogP) is 3.73. The van der Waals surface area contributed by atoms with Gasteiger partial charge in [-0.1, -0.05) is 54.6 Å². The lowest BCUT2D eigenvalue weighted by Crippen LogP contribution is -2.34. The van der Waals surface area contributed by atoms with Gasteiger partial charge in [0.25, 0.3) is 0 Å². The van der Waals surface area contributed by atoms with Gasteiger partial charge in [0.2, 0.25) is 5.91 Å². The van der Waals surface area contributed by atoms with Crippen LogP contribution < -0.4 is 5.32 Å². The van der Waals surface area contributed by atoms with E-state index in [1.165, 1.54) is 16.8 Å². The van der Waals surface area contributed by atoms with Gasteiger partial charge < -0.3 is 5.32 Å². The fraction of sp³-hybridized carbons (Fsp3) is 0.190. The lowest BCUT2D eigenvalue weighted by molar-refractivity contribution is -0.122. The lowest BCUT2D eigenvalue weighted by Gasteiger charge is -2.17. The van der Waals surface area contributed by atoms with Crippen molar-refractivity contribution >= 4 is 16.7 Å². The molecule has 0 saturated heterocycles.